The molecule has 0 aromatic rings. The summed E-state index contributed by atoms with van der Waals surface area (Å²) in [6.07, 6.45) is 55.3. The van der Waals surface area contributed by atoms with Crippen LogP contribution in [-0.4, -0.2) is 37.2 Å². The summed E-state index contributed by atoms with van der Waals surface area (Å²) in [6.45, 7) is 13.8. The first kappa shape index (κ1) is 65.4. The fourth-order valence-electron chi connectivity index (χ4n) is 9.35. The number of hydrogen-bond acceptors (Lipinski definition) is 6. The molecule has 0 amide bonds. The van der Waals surface area contributed by atoms with E-state index in [-0.39, 0.29) is 31.1 Å². The molecule has 0 aliphatic carbocycles. The van der Waals surface area contributed by atoms with Gasteiger partial charge in [0.2, 0.25) is 0 Å². The lowest BCUT2D eigenvalue weighted by Crippen LogP contribution is -2.30. The second-order valence-electron chi connectivity index (χ2n) is 22.4. The highest BCUT2D eigenvalue weighted by atomic mass is 16.6. The molecule has 6 heteroatoms. The average Bonchev–Trinajstić information content (AvgIpc) is 3.29. The third-order valence-electron chi connectivity index (χ3n) is 13.9. The number of unbranched alkanes of at least 4 members (excludes halogenated alkanes) is 37. The first-order valence-corrected chi connectivity index (χ1v) is 30.1. The van der Waals surface area contributed by atoms with Crippen molar-refractivity contribution < 1.29 is 28.6 Å². The van der Waals surface area contributed by atoms with E-state index in [9.17, 15) is 14.4 Å². The van der Waals surface area contributed by atoms with E-state index in [1.165, 1.54) is 218 Å². The van der Waals surface area contributed by atoms with Gasteiger partial charge < -0.3 is 14.2 Å². The monoisotopic (exact) mass is 947 g/mol. The largest absolute Gasteiger partial charge is 0.462 e. The van der Waals surface area contributed by atoms with Crippen LogP contribution in [0.25, 0.3) is 0 Å². The molecular formula is C61H118O6. The van der Waals surface area contributed by atoms with Crippen molar-refractivity contribution in [2.45, 2.75) is 343 Å². The Bertz CT molecular complexity index is 1040. The predicted octanol–water partition coefficient (Wildman–Crippen LogP) is 19.9. The summed E-state index contributed by atoms with van der Waals surface area (Å²) in [5.41, 5.74) is 0. The van der Waals surface area contributed by atoms with Crippen LogP contribution in [0.4, 0.5) is 0 Å². The molecule has 0 bridgehead atoms. The third-order valence-corrected chi connectivity index (χ3v) is 13.9. The lowest BCUT2D eigenvalue weighted by molar-refractivity contribution is -0.167. The van der Waals surface area contributed by atoms with Crippen LogP contribution in [0.1, 0.15) is 337 Å². The predicted molar refractivity (Wildman–Crippen MR) is 289 cm³/mol. The maximum Gasteiger partial charge on any atom is 0.306 e. The molecule has 0 rings (SSSR count). The van der Waals surface area contributed by atoms with E-state index in [1.54, 1.807) is 0 Å². The van der Waals surface area contributed by atoms with Crippen LogP contribution in [0.2, 0.25) is 0 Å². The second-order valence-corrected chi connectivity index (χ2v) is 22.4. The van der Waals surface area contributed by atoms with Crippen molar-refractivity contribution >= 4 is 17.9 Å². The maximum atomic E-state index is 12.8. The second kappa shape index (κ2) is 52.2. The molecule has 0 N–H and O–H groups in total. The average molecular weight is 948 g/mol. The van der Waals surface area contributed by atoms with E-state index in [2.05, 4.69) is 41.5 Å². The minimum absolute atomic E-state index is 0.0635. The van der Waals surface area contributed by atoms with Gasteiger partial charge in [-0.2, -0.15) is 0 Å². The van der Waals surface area contributed by atoms with Gasteiger partial charge in [0.15, 0.2) is 6.10 Å². The summed E-state index contributed by atoms with van der Waals surface area (Å²) < 4.78 is 16.9. The first-order valence-electron chi connectivity index (χ1n) is 30.1. The fourth-order valence-corrected chi connectivity index (χ4v) is 9.35. The molecule has 398 valence electrons. The minimum atomic E-state index is -0.764. The highest BCUT2D eigenvalue weighted by Crippen LogP contribution is 2.19. The standard InChI is InChI=1S/C61H118O6/c1-55(2)47-41-35-29-23-18-14-10-7-8-12-16-20-26-32-38-44-50-59(62)65-53-58(67-61(64)52-46-40-34-28-22-25-31-37-43-49-57(5)6)54-66-60(63)51-45-39-33-27-21-17-13-9-11-15-19-24-30-36-42-48-56(3)4/h55-58H,7-54H2,1-6H3/t58-/m1/s1. The molecule has 6 nitrogen and oxygen atoms in total. The Morgan fingerprint density at radius 2 is 0.433 bits per heavy atom. The van der Waals surface area contributed by atoms with Crippen molar-refractivity contribution in [3.05, 3.63) is 0 Å². The molecule has 67 heavy (non-hydrogen) atoms. The zero-order chi connectivity index (χ0) is 49.1. The Labute approximate surface area is 418 Å². The normalized spacial score (nSPS) is 12.1. The van der Waals surface area contributed by atoms with E-state index in [4.69, 9.17) is 14.2 Å². The van der Waals surface area contributed by atoms with Gasteiger partial charge in [0.25, 0.3) is 0 Å². The topological polar surface area (TPSA) is 78.9 Å². The molecule has 0 fully saturated rings. The summed E-state index contributed by atoms with van der Waals surface area (Å²) in [5, 5.41) is 0. The quantitative estimate of drug-likeness (QED) is 0.0343. The number of carbonyl (C=O) groups excluding carboxylic acids is 3. The van der Waals surface area contributed by atoms with Crippen molar-refractivity contribution in [1.29, 1.82) is 0 Å². The lowest BCUT2D eigenvalue weighted by Gasteiger charge is -2.18. The Balaban J connectivity index is 4.25. The van der Waals surface area contributed by atoms with Crippen molar-refractivity contribution in [1.82, 2.24) is 0 Å². The molecule has 1 atom stereocenters. The number of esters is 3. The molecule has 0 aliphatic heterocycles. The molecule has 0 unspecified atom stereocenters. The highest BCUT2D eigenvalue weighted by molar-refractivity contribution is 5.71. The van der Waals surface area contributed by atoms with Gasteiger partial charge >= 0.3 is 17.9 Å². The van der Waals surface area contributed by atoms with E-state index >= 15 is 0 Å². The zero-order valence-electron chi connectivity index (χ0n) is 46.2. The molecule has 0 heterocycles. The Kier molecular flexibility index (Phi) is 51.0. The minimum Gasteiger partial charge on any atom is -0.462 e. The van der Waals surface area contributed by atoms with Gasteiger partial charge in [-0.1, -0.05) is 298 Å². The van der Waals surface area contributed by atoms with Gasteiger partial charge in [-0.05, 0) is 37.0 Å². The van der Waals surface area contributed by atoms with Gasteiger partial charge in [-0.15, -0.1) is 0 Å². The van der Waals surface area contributed by atoms with Gasteiger partial charge in [0.05, 0.1) is 0 Å². The molecule has 0 aliphatic rings. The number of rotatable bonds is 54. The van der Waals surface area contributed by atoms with E-state index in [0.717, 1.165) is 75.5 Å². The van der Waals surface area contributed by atoms with Crippen molar-refractivity contribution in [2.24, 2.45) is 17.8 Å². The Morgan fingerprint density at radius 3 is 0.642 bits per heavy atom. The molecule has 0 saturated carbocycles. The van der Waals surface area contributed by atoms with Crippen LogP contribution < -0.4 is 0 Å². The molecule has 0 spiro atoms. The number of hydrogen-bond donors (Lipinski definition) is 0. The third kappa shape index (κ3) is 55.2. The summed E-state index contributed by atoms with van der Waals surface area (Å²) in [7, 11) is 0. The number of ether oxygens (including phenoxy) is 3. The summed E-state index contributed by atoms with van der Waals surface area (Å²) >= 11 is 0. The van der Waals surface area contributed by atoms with Crippen molar-refractivity contribution in [3.8, 4) is 0 Å². The summed E-state index contributed by atoms with van der Waals surface area (Å²) in [4.78, 5) is 38.2. The zero-order valence-corrected chi connectivity index (χ0v) is 46.2. The maximum absolute atomic E-state index is 12.8. The Morgan fingerprint density at radius 1 is 0.254 bits per heavy atom. The van der Waals surface area contributed by atoms with Crippen LogP contribution in [0.3, 0.4) is 0 Å². The molecule has 0 aromatic carbocycles. The van der Waals surface area contributed by atoms with Crippen LogP contribution in [-0.2, 0) is 28.6 Å². The van der Waals surface area contributed by atoms with Gasteiger partial charge in [0, 0.05) is 19.3 Å². The van der Waals surface area contributed by atoms with E-state index in [0.29, 0.717) is 19.3 Å². The summed E-state index contributed by atoms with van der Waals surface area (Å²) in [5.74, 6) is 1.67. The van der Waals surface area contributed by atoms with Crippen LogP contribution in [0.15, 0.2) is 0 Å². The Hall–Kier alpha value is -1.59. The van der Waals surface area contributed by atoms with Crippen molar-refractivity contribution in [2.75, 3.05) is 13.2 Å². The van der Waals surface area contributed by atoms with Crippen molar-refractivity contribution in [3.63, 3.8) is 0 Å². The van der Waals surface area contributed by atoms with Gasteiger partial charge in [-0.3, -0.25) is 14.4 Å². The van der Waals surface area contributed by atoms with Crippen LogP contribution in [0.5, 0.6) is 0 Å². The van der Waals surface area contributed by atoms with E-state index < -0.39 is 6.10 Å². The smallest absolute Gasteiger partial charge is 0.306 e. The number of carbonyl (C=O) groups is 3. The lowest BCUT2D eigenvalue weighted by atomic mass is 10.0. The molecule has 0 aromatic heterocycles. The molecule has 0 saturated heterocycles. The SMILES string of the molecule is CC(C)CCCCCCCCCCCCCCCCCCC(=O)OC[C@H](COC(=O)CCCCCCCCCCCCCCCCCC(C)C)OC(=O)CCCCCCCCCCCC(C)C. The van der Waals surface area contributed by atoms with Crippen LogP contribution in [0, 0.1) is 17.8 Å². The first-order chi connectivity index (χ1) is 32.6. The van der Waals surface area contributed by atoms with Gasteiger partial charge in [-0.25, -0.2) is 0 Å². The van der Waals surface area contributed by atoms with E-state index in [1.807, 2.05) is 0 Å². The van der Waals surface area contributed by atoms with Crippen LogP contribution >= 0.6 is 0 Å². The van der Waals surface area contributed by atoms with Gasteiger partial charge in [0.1, 0.15) is 13.2 Å². The highest BCUT2D eigenvalue weighted by Gasteiger charge is 2.19. The molecular weight excluding hydrogens is 829 g/mol. The fraction of sp³-hybridized carbons (Fsp3) is 0.951. The summed E-state index contributed by atoms with van der Waals surface area (Å²) in [6, 6.07) is 0. The molecule has 0 radical (unpaired) electrons.